The van der Waals surface area contributed by atoms with E-state index in [1.165, 1.54) is 11.3 Å². The number of likely N-dealkylation sites (tertiary alicyclic amines) is 2. The number of hydrogen-bond acceptors (Lipinski definition) is 4. The molecule has 2 aliphatic rings. The van der Waals surface area contributed by atoms with E-state index >= 15 is 0 Å². The Morgan fingerprint density at radius 1 is 1.21 bits per heavy atom. The highest BCUT2D eigenvalue weighted by atomic mass is 32.1. The number of carbonyl (C=O) groups is 1. The van der Waals surface area contributed by atoms with Crippen LogP contribution in [0.4, 0.5) is 8.78 Å². The van der Waals surface area contributed by atoms with Gasteiger partial charge in [0.1, 0.15) is 4.88 Å². The summed E-state index contributed by atoms with van der Waals surface area (Å²) in [6.45, 7) is 7.38. The fourth-order valence-electron chi connectivity index (χ4n) is 4.67. The number of hydrogen-bond donors (Lipinski definition) is 0. The monoisotopic (exact) mass is 405 g/mol. The Bertz CT molecular complexity index is 900. The molecule has 2 aliphatic heterocycles. The van der Waals surface area contributed by atoms with Gasteiger partial charge in [-0.15, -0.1) is 11.3 Å². The van der Waals surface area contributed by atoms with Crippen molar-refractivity contribution < 1.29 is 13.6 Å². The molecule has 1 amide bonds. The Balaban J connectivity index is 1.45. The minimum absolute atomic E-state index is 0.0470. The van der Waals surface area contributed by atoms with E-state index in [0.717, 1.165) is 67.1 Å². The van der Waals surface area contributed by atoms with Gasteiger partial charge in [-0.2, -0.15) is 0 Å². The Morgan fingerprint density at radius 3 is 2.79 bits per heavy atom. The summed E-state index contributed by atoms with van der Waals surface area (Å²) in [6.07, 6.45) is 3.04. The third-order valence-corrected chi connectivity index (χ3v) is 7.05. The first-order chi connectivity index (χ1) is 13.4. The van der Waals surface area contributed by atoms with Gasteiger partial charge in [-0.1, -0.05) is 12.1 Å². The van der Waals surface area contributed by atoms with Crippen molar-refractivity contribution in [2.24, 2.45) is 5.41 Å². The molecule has 2 fully saturated rings. The van der Waals surface area contributed by atoms with Crippen molar-refractivity contribution in [1.29, 1.82) is 0 Å². The average molecular weight is 406 g/mol. The van der Waals surface area contributed by atoms with Crippen LogP contribution in [0.25, 0.3) is 0 Å². The minimum atomic E-state index is -0.794. The fraction of sp³-hybridized carbons (Fsp3) is 0.524. The molecule has 7 heteroatoms. The molecule has 1 aromatic heterocycles. The fourth-order valence-corrected chi connectivity index (χ4v) is 5.56. The number of aryl methyl sites for hydroxylation is 2. The number of amides is 1. The normalized spacial score (nSPS) is 22.9. The van der Waals surface area contributed by atoms with Crippen molar-refractivity contribution in [3.05, 3.63) is 51.0 Å². The van der Waals surface area contributed by atoms with E-state index < -0.39 is 11.6 Å². The highest BCUT2D eigenvalue weighted by Gasteiger charge is 2.43. The molecule has 2 aromatic rings. The lowest BCUT2D eigenvalue weighted by Crippen LogP contribution is -2.45. The maximum Gasteiger partial charge on any atom is 0.265 e. The van der Waals surface area contributed by atoms with E-state index in [-0.39, 0.29) is 11.3 Å². The van der Waals surface area contributed by atoms with E-state index in [1.807, 2.05) is 18.7 Å². The average Bonchev–Trinajstić information content (AvgIpc) is 3.21. The van der Waals surface area contributed by atoms with Crippen LogP contribution in [0.15, 0.2) is 18.2 Å². The standard InChI is InChI=1S/C21H25F2N3OS/c1-14-19(28-15(2)24-14)20(27)26-10-8-21(13-26)7-4-9-25(12-21)11-16-5-3-6-17(22)18(16)23/h3,5-6H,4,7-13H2,1-2H3/t21-/m1/s1. The van der Waals surface area contributed by atoms with Crippen molar-refractivity contribution in [2.75, 3.05) is 26.2 Å². The Labute approximate surface area is 168 Å². The number of piperidine rings is 1. The summed E-state index contributed by atoms with van der Waals surface area (Å²) in [6, 6.07) is 4.36. The Kier molecular flexibility index (Phi) is 5.22. The van der Waals surface area contributed by atoms with Crippen LogP contribution in [0, 0.1) is 30.9 Å². The molecular formula is C21H25F2N3OS. The second-order valence-electron chi connectivity index (χ2n) is 8.15. The van der Waals surface area contributed by atoms with Gasteiger partial charge in [0, 0.05) is 37.2 Å². The van der Waals surface area contributed by atoms with Crippen molar-refractivity contribution in [3.63, 3.8) is 0 Å². The maximum atomic E-state index is 14.1. The number of benzene rings is 1. The van der Waals surface area contributed by atoms with Crippen LogP contribution in [-0.4, -0.2) is 46.9 Å². The van der Waals surface area contributed by atoms with Crippen LogP contribution in [0.1, 0.15) is 45.2 Å². The lowest BCUT2D eigenvalue weighted by atomic mass is 9.79. The predicted octanol–water partition coefficient (Wildman–Crippen LogP) is 4.17. The lowest BCUT2D eigenvalue weighted by Gasteiger charge is -2.40. The lowest BCUT2D eigenvalue weighted by molar-refractivity contribution is 0.0675. The topological polar surface area (TPSA) is 36.4 Å². The van der Waals surface area contributed by atoms with Crippen molar-refractivity contribution >= 4 is 17.2 Å². The first kappa shape index (κ1) is 19.5. The largest absolute Gasteiger partial charge is 0.337 e. The Morgan fingerprint density at radius 2 is 2.04 bits per heavy atom. The first-order valence-electron chi connectivity index (χ1n) is 9.75. The number of thiazole rings is 1. The van der Waals surface area contributed by atoms with E-state index in [0.29, 0.717) is 12.1 Å². The van der Waals surface area contributed by atoms with Crippen LogP contribution in [-0.2, 0) is 6.54 Å². The predicted molar refractivity (Wildman–Crippen MR) is 105 cm³/mol. The number of halogens is 2. The van der Waals surface area contributed by atoms with Gasteiger partial charge in [-0.3, -0.25) is 9.69 Å². The number of carbonyl (C=O) groups excluding carboxylic acids is 1. The summed E-state index contributed by atoms with van der Waals surface area (Å²) in [5, 5.41) is 0.913. The SMILES string of the molecule is Cc1nc(C)c(C(=O)N2CC[C@@]3(CCCN(Cc4cccc(F)c4F)C3)C2)s1. The minimum Gasteiger partial charge on any atom is -0.337 e. The summed E-state index contributed by atoms with van der Waals surface area (Å²) in [5.74, 6) is -1.47. The molecule has 4 nitrogen and oxygen atoms in total. The highest BCUT2D eigenvalue weighted by molar-refractivity contribution is 7.13. The molecule has 3 heterocycles. The molecule has 0 N–H and O–H groups in total. The zero-order valence-electron chi connectivity index (χ0n) is 16.3. The third-order valence-electron chi connectivity index (χ3n) is 5.99. The number of rotatable bonds is 3. The smallest absolute Gasteiger partial charge is 0.265 e. The number of aromatic nitrogens is 1. The molecule has 2 saturated heterocycles. The van der Waals surface area contributed by atoms with E-state index in [2.05, 4.69) is 9.88 Å². The Hall–Kier alpha value is -1.86. The third kappa shape index (κ3) is 3.70. The van der Waals surface area contributed by atoms with Gasteiger partial charge < -0.3 is 4.90 Å². The van der Waals surface area contributed by atoms with Gasteiger partial charge in [0.05, 0.1) is 10.7 Å². The van der Waals surface area contributed by atoms with Crippen molar-refractivity contribution in [1.82, 2.24) is 14.8 Å². The van der Waals surface area contributed by atoms with Gasteiger partial charge in [-0.25, -0.2) is 13.8 Å². The van der Waals surface area contributed by atoms with Crippen LogP contribution >= 0.6 is 11.3 Å². The molecular weight excluding hydrogens is 380 g/mol. The summed E-state index contributed by atoms with van der Waals surface area (Å²) in [5.41, 5.74) is 1.25. The molecule has 0 aliphatic carbocycles. The second kappa shape index (κ2) is 7.52. The molecule has 1 atom stereocenters. The van der Waals surface area contributed by atoms with Crippen molar-refractivity contribution in [3.8, 4) is 0 Å². The zero-order chi connectivity index (χ0) is 19.9. The van der Waals surface area contributed by atoms with E-state index in [4.69, 9.17) is 0 Å². The summed E-state index contributed by atoms with van der Waals surface area (Å²) >= 11 is 1.46. The molecule has 0 bridgehead atoms. The van der Waals surface area contributed by atoms with Gasteiger partial charge in [-0.05, 0) is 45.7 Å². The first-order valence-corrected chi connectivity index (χ1v) is 10.6. The van der Waals surface area contributed by atoms with Crippen LogP contribution in [0.2, 0.25) is 0 Å². The van der Waals surface area contributed by atoms with Crippen molar-refractivity contribution in [2.45, 2.75) is 39.7 Å². The molecule has 1 spiro atoms. The summed E-state index contributed by atoms with van der Waals surface area (Å²) in [7, 11) is 0. The zero-order valence-corrected chi connectivity index (χ0v) is 17.1. The van der Waals surface area contributed by atoms with Crippen LogP contribution < -0.4 is 0 Å². The highest BCUT2D eigenvalue weighted by Crippen LogP contribution is 2.40. The molecule has 0 saturated carbocycles. The van der Waals surface area contributed by atoms with Gasteiger partial charge in [0.25, 0.3) is 5.91 Å². The second-order valence-corrected chi connectivity index (χ2v) is 9.35. The van der Waals surface area contributed by atoms with Gasteiger partial charge in [0.2, 0.25) is 0 Å². The molecule has 4 rings (SSSR count). The van der Waals surface area contributed by atoms with Gasteiger partial charge >= 0.3 is 0 Å². The summed E-state index contributed by atoms with van der Waals surface area (Å²) in [4.78, 5) is 22.2. The molecule has 1 aromatic carbocycles. The number of nitrogens with zero attached hydrogens (tertiary/aromatic N) is 3. The van der Waals surface area contributed by atoms with E-state index in [1.54, 1.807) is 12.1 Å². The maximum absolute atomic E-state index is 14.1. The molecule has 28 heavy (non-hydrogen) atoms. The van der Waals surface area contributed by atoms with Gasteiger partial charge in [0.15, 0.2) is 11.6 Å². The quantitative estimate of drug-likeness (QED) is 0.769. The summed E-state index contributed by atoms with van der Waals surface area (Å²) < 4.78 is 27.6. The van der Waals surface area contributed by atoms with Crippen LogP contribution in [0.3, 0.4) is 0 Å². The van der Waals surface area contributed by atoms with Crippen LogP contribution in [0.5, 0.6) is 0 Å². The van der Waals surface area contributed by atoms with E-state index in [9.17, 15) is 13.6 Å². The molecule has 150 valence electrons. The molecule has 0 radical (unpaired) electrons. The molecule has 0 unspecified atom stereocenters.